The lowest BCUT2D eigenvalue weighted by atomic mass is 10.1. The quantitative estimate of drug-likeness (QED) is 0.598. The van der Waals surface area contributed by atoms with E-state index in [2.05, 4.69) is 4.74 Å². The van der Waals surface area contributed by atoms with E-state index in [1.54, 1.807) is 18.7 Å². The number of ether oxygens (including phenoxy) is 1. The van der Waals surface area contributed by atoms with Gasteiger partial charge in [-0.1, -0.05) is 0 Å². The second-order valence-electron chi connectivity index (χ2n) is 7.89. The fraction of sp³-hybridized carbons (Fsp3) is 0.381. The molecule has 0 aromatic heterocycles. The molecule has 2 atom stereocenters. The number of anilines is 1. The highest BCUT2D eigenvalue weighted by molar-refractivity contribution is 7.89. The van der Waals surface area contributed by atoms with E-state index in [0.29, 0.717) is 11.8 Å². The van der Waals surface area contributed by atoms with E-state index < -0.39 is 68.7 Å². The van der Waals surface area contributed by atoms with Crippen molar-refractivity contribution in [2.75, 3.05) is 18.0 Å². The number of aliphatic carboxylic acids is 1. The maximum Gasteiger partial charge on any atom is 0.573 e. The predicted molar refractivity (Wildman–Crippen MR) is 111 cm³/mol. The van der Waals surface area contributed by atoms with Crippen LogP contribution in [-0.2, 0) is 21.2 Å². The standard InChI is InChI=1S/C21H21F5N2O5S/c1-12-10-27(14-3-5-15(6-4-14)33-21(24,25)26)11-13(2)28(12)34(31,32)18-8-7-17(22)16(20(18)23)9-19(29)30/h3-8,12-13H,9-11H2,1-2H3,(H,29,30)/t12-,13+. The molecule has 1 aliphatic rings. The normalized spacial score (nSPS) is 19.8. The first kappa shape index (κ1) is 25.7. The number of rotatable bonds is 6. The summed E-state index contributed by atoms with van der Waals surface area (Å²) < 4.78 is 97.4. The van der Waals surface area contributed by atoms with Crippen molar-refractivity contribution in [1.82, 2.24) is 4.31 Å². The van der Waals surface area contributed by atoms with Gasteiger partial charge in [0.25, 0.3) is 0 Å². The van der Waals surface area contributed by atoms with E-state index in [-0.39, 0.29) is 13.1 Å². The van der Waals surface area contributed by atoms with E-state index in [1.807, 2.05) is 0 Å². The van der Waals surface area contributed by atoms with E-state index in [9.17, 15) is 35.2 Å². The Kier molecular flexibility index (Phi) is 7.08. The van der Waals surface area contributed by atoms with Crippen LogP contribution in [-0.4, -0.2) is 55.3 Å². The zero-order valence-electron chi connectivity index (χ0n) is 18.0. The molecule has 13 heteroatoms. The molecule has 1 N–H and O–H groups in total. The van der Waals surface area contributed by atoms with E-state index in [1.165, 1.54) is 12.1 Å². The SMILES string of the molecule is C[C@@H]1CN(c2ccc(OC(F)(F)F)cc2)C[C@H](C)N1S(=O)(=O)c1ccc(F)c(CC(=O)O)c1F. The van der Waals surface area contributed by atoms with Crippen molar-refractivity contribution in [3.63, 3.8) is 0 Å². The Morgan fingerprint density at radius 1 is 1.06 bits per heavy atom. The van der Waals surface area contributed by atoms with Gasteiger partial charge in [0, 0.05) is 36.4 Å². The molecule has 0 radical (unpaired) electrons. The van der Waals surface area contributed by atoms with Crippen LogP contribution in [0, 0.1) is 11.6 Å². The molecule has 2 aromatic rings. The number of sulfonamides is 1. The minimum absolute atomic E-state index is 0.133. The first-order valence-corrected chi connectivity index (χ1v) is 11.5. The van der Waals surface area contributed by atoms with Gasteiger partial charge < -0.3 is 14.7 Å². The molecule has 0 unspecified atom stereocenters. The minimum atomic E-state index is -4.83. The number of alkyl halides is 3. The lowest BCUT2D eigenvalue weighted by Gasteiger charge is -2.44. The third-order valence-corrected chi connectivity index (χ3v) is 7.45. The first-order valence-electron chi connectivity index (χ1n) is 10.0. The van der Waals surface area contributed by atoms with E-state index >= 15 is 0 Å². The average molecular weight is 508 g/mol. The van der Waals surface area contributed by atoms with Crippen molar-refractivity contribution in [3.05, 3.63) is 53.6 Å². The highest BCUT2D eigenvalue weighted by Crippen LogP contribution is 2.32. The van der Waals surface area contributed by atoms with Gasteiger partial charge in [0.15, 0.2) is 0 Å². The number of carboxylic acids is 1. The largest absolute Gasteiger partial charge is 0.573 e. The van der Waals surface area contributed by atoms with Crippen molar-refractivity contribution in [1.29, 1.82) is 0 Å². The molecule has 1 heterocycles. The zero-order valence-corrected chi connectivity index (χ0v) is 18.8. The maximum atomic E-state index is 14.9. The fourth-order valence-corrected chi connectivity index (χ4v) is 5.95. The molecule has 0 amide bonds. The van der Waals surface area contributed by atoms with Gasteiger partial charge in [0.05, 0.1) is 6.42 Å². The van der Waals surface area contributed by atoms with Crippen molar-refractivity contribution in [2.45, 2.75) is 43.6 Å². The minimum Gasteiger partial charge on any atom is -0.481 e. The van der Waals surface area contributed by atoms with Gasteiger partial charge >= 0.3 is 12.3 Å². The van der Waals surface area contributed by atoms with Gasteiger partial charge in [-0.2, -0.15) is 4.31 Å². The molecule has 1 aliphatic heterocycles. The Bertz CT molecular complexity index is 1160. The molecule has 1 fully saturated rings. The number of carboxylic acid groups (broad SMARTS) is 1. The molecule has 0 spiro atoms. The van der Waals surface area contributed by atoms with Gasteiger partial charge in [0.2, 0.25) is 10.0 Å². The Hall–Kier alpha value is -2.93. The Morgan fingerprint density at radius 3 is 2.12 bits per heavy atom. The van der Waals surface area contributed by atoms with E-state index in [4.69, 9.17) is 5.11 Å². The molecule has 34 heavy (non-hydrogen) atoms. The summed E-state index contributed by atoms with van der Waals surface area (Å²) in [6.45, 7) is 3.41. The highest BCUT2D eigenvalue weighted by Gasteiger charge is 2.40. The van der Waals surface area contributed by atoms with Crippen LogP contribution < -0.4 is 9.64 Å². The first-order chi connectivity index (χ1) is 15.7. The monoisotopic (exact) mass is 508 g/mol. The summed E-state index contributed by atoms with van der Waals surface area (Å²) in [6, 6.07) is 5.16. The second kappa shape index (κ2) is 9.37. The summed E-state index contributed by atoms with van der Waals surface area (Å²) in [5.74, 6) is -4.54. The molecule has 3 rings (SSSR count). The van der Waals surface area contributed by atoms with Crippen LogP contribution in [0.3, 0.4) is 0 Å². The van der Waals surface area contributed by atoms with Gasteiger partial charge in [-0.25, -0.2) is 17.2 Å². The molecule has 2 aromatic carbocycles. The number of hydrogen-bond acceptors (Lipinski definition) is 5. The van der Waals surface area contributed by atoms with Gasteiger partial charge in [-0.05, 0) is 50.2 Å². The summed E-state index contributed by atoms with van der Waals surface area (Å²) in [5.41, 5.74) is -0.323. The van der Waals surface area contributed by atoms with Crippen LogP contribution in [0.4, 0.5) is 27.6 Å². The molecule has 1 saturated heterocycles. The lowest BCUT2D eigenvalue weighted by Crippen LogP contribution is -2.58. The Labute approximate surface area is 192 Å². The Balaban J connectivity index is 1.85. The zero-order chi connectivity index (χ0) is 25.4. The summed E-state index contributed by atoms with van der Waals surface area (Å²) in [7, 11) is -4.47. The molecule has 0 bridgehead atoms. The maximum absolute atomic E-state index is 14.9. The topological polar surface area (TPSA) is 87.2 Å². The molecular weight excluding hydrogens is 487 g/mol. The van der Waals surface area contributed by atoms with Gasteiger partial charge in [0.1, 0.15) is 22.3 Å². The van der Waals surface area contributed by atoms with Gasteiger partial charge in [-0.15, -0.1) is 13.2 Å². The van der Waals surface area contributed by atoms with Crippen molar-refractivity contribution in [2.24, 2.45) is 0 Å². The molecule has 0 saturated carbocycles. The van der Waals surface area contributed by atoms with Crippen LogP contribution in [0.15, 0.2) is 41.3 Å². The number of carbonyl (C=O) groups is 1. The highest BCUT2D eigenvalue weighted by atomic mass is 32.2. The average Bonchev–Trinajstić information content (AvgIpc) is 2.69. The summed E-state index contributed by atoms with van der Waals surface area (Å²) >= 11 is 0. The van der Waals surface area contributed by atoms with Crippen LogP contribution in [0.5, 0.6) is 5.75 Å². The number of benzene rings is 2. The molecule has 7 nitrogen and oxygen atoms in total. The molecule has 0 aliphatic carbocycles. The van der Waals surface area contributed by atoms with Gasteiger partial charge in [-0.3, -0.25) is 4.79 Å². The van der Waals surface area contributed by atoms with Crippen LogP contribution in [0.25, 0.3) is 0 Å². The summed E-state index contributed by atoms with van der Waals surface area (Å²) in [5, 5.41) is 8.89. The molecule has 186 valence electrons. The third-order valence-electron chi connectivity index (χ3n) is 5.31. The summed E-state index contributed by atoms with van der Waals surface area (Å²) in [6.07, 6.45) is -5.85. The fourth-order valence-electron chi connectivity index (χ4n) is 4.05. The third kappa shape index (κ3) is 5.41. The van der Waals surface area contributed by atoms with Crippen LogP contribution in [0.1, 0.15) is 19.4 Å². The van der Waals surface area contributed by atoms with Crippen molar-refractivity contribution < 1.29 is 45.0 Å². The summed E-state index contributed by atoms with van der Waals surface area (Å²) in [4.78, 5) is 11.9. The van der Waals surface area contributed by atoms with Crippen molar-refractivity contribution in [3.8, 4) is 5.75 Å². The Morgan fingerprint density at radius 2 is 1.62 bits per heavy atom. The van der Waals surface area contributed by atoms with Crippen LogP contribution in [0.2, 0.25) is 0 Å². The van der Waals surface area contributed by atoms with E-state index in [0.717, 1.165) is 22.5 Å². The van der Waals surface area contributed by atoms with Crippen LogP contribution >= 0.6 is 0 Å². The predicted octanol–water partition coefficient (Wildman–Crippen LogP) is 3.78. The number of nitrogens with zero attached hydrogens (tertiary/aromatic N) is 2. The van der Waals surface area contributed by atoms with Crippen molar-refractivity contribution >= 4 is 21.7 Å². The smallest absolute Gasteiger partial charge is 0.481 e. The molecular formula is C21H21F5N2O5S. The lowest BCUT2D eigenvalue weighted by molar-refractivity contribution is -0.274. The number of halogens is 5. The second-order valence-corrected chi connectivity index (χ2v) is 9.70. The number of piperazine rings is 1. The number of hydrogen-bond donors (Lipinski definition) is 1.